The van der Waals surface area contributed by atoms with Crippen molar-refractivity contribution in [1.29, 1.82) is 0 Å². The zero-order chi connectivity index (χ0) is 22.0. The summed E-state index contributed by atoms with van der Waals surface area (Å²) in [5.41, 5.74) is 4.81. The lowest BCUT2D eigenvalue weighted by atomic mass is 9.94. The quantitative estimate of drug-likeness (QED) is 0.724. The van der Waals surface area contributed by atoms with Crippen molar-refractivity contribution >= 4 is 33.3 Å². The number of amides is 2. The Labute approximate surface area is 186 Å². The third kappa shape index (κ3) is 3.47. The Hall–Kier alpha value is -2.26. The summed E-state index contributed by atoms with van der Waals surface area (Å²) in [5.74, 6) is 0.160. The van der Waals surface area contributed by atoms with Crippen LogP contribution in [0.1, 0.15) is 48.9 Å². The van der Waals surface area contributed by atoms with Crippen molar-refractivity contribution in [1.82, 2.24) is 14.5 Å². The van der Waals surface area contributed by atoms with Crippen molar-refractivity contribution in [2.75, 3.05) is 11.9 Å². The molecule has 0 spiro atoms. The largest absolute Gasteiger partial charge is 0.476 e. The first-order chi connectivity index (χ1) is 14.7. The summed E-state index contributed by atoms with van der Waals surface area (Å²) < 4.78 is 35.2. The van der Waals surface area contributed by atoms with Gasteiger partial charge in [0, 0.05) is 16.1 Å². The van der Waals surface area contributed by atoms with Gasteiger partial charge >= 0.3 is 6.03 Å². The number of benzene rings is 1. The lowest BCUT2D eigenvalue weighted by molar-refractivity contribution is 0.0970. The maximum absolute atomic E-state index is 12.9. The van der Waals surface area contributed by atoms with Crippen LogP contribution in [0.4, 0.5) is 10.5 Å². The van der Waals surface area contributed by atoms with E-state index in [9.17, 15) is 13.2 Å². The zero-order valence-corrected chi connectivity index (χ0v) is 19.1. The average Bonchev–Trinajstić information content (AvgIpc) is 3.42. The van der Waals surface area contributed by atoms with E-state index in [1.54, 1.807) is 0 Å². The van der Waals surface area contributed by atoms with Crippen LogP contribution in [0.15, 0.2) is 11.1 Å². The van der Waals surface area contributed by atoms with Gasteiger partial charge in [0.15, 0.2) is 4.90 Å². The number of carbonyl (C=O) groups is 1. The Morgan fingerprint density at radius 2 is 1.74 bits per heavy atom. The minimum atomic E-state index is -4.15. The fraction of sp³-hybridized carbons (Fsp3) is 0.524. The van der Waals surface area contributed by atoms with Crippen LogP contribution >= 0.6 is 11.6 Å². The van der Waals surface area contributed by atoms with E-state index in [0.717, 1.165) is 71.5 Å². The molecule has 31 heavy (non-hydrogen) atoms. The fourth-order valence-electron chi connectivity index (χ4n) is 4.87. The molecule has 2 N–H and O–H groups in total. The van der Waals surface area contributed by atoms with E-state index >= 15 is 0 Å². The fourth-order valence-corrected chi connectivity index (χ4v) is 6.27. The van der Waals surface area contributed by atoms with Gasteiger partial charge in [0.05, 0.1) is 19.3 Å². The molecule has 2 amide bonds. The maximum Gasteiger partial charge on any atom is 0.333 e. The molecule has 1 aliphatic heterocycles. The number of sulfonamides is 1. The molecule has 0 bridgehead atoms. The number of carbonyl (C=O) groups excluding carboxylic acids is 1. The van der Waals surface area contributed by atoms with Gasteiger partial charge < -0.3 is 10.1 Å². The molecule has 1 aromatic carbocycles. The van der Waals surface area contributed by atoms with Crippen molar-refractivity contribution in [2.45, 2.75) is 63.8 Å². The highest BCUT2D eigenvalue weighted by atomic mass is 35.5. The highest BCUT2D eigenvalue weighted by molar-refractivity contribution is 7.90. The number of anilines is 1. The van der Waals surface area contributed by atoms with Crippen LogP contribution in [0, 0.1) is 5.41 Å². The van der Waals surface area contributed by atoms with Gasteiger partial charge in [-0.2, -0.15) is 5.10 Å². The van der Waals surface area contributed by atoms with Gasteiger partial charge in [0.2, 0.25) is 5.88 Å². The highest BCUT2D eigenvalue weighted by Gasteiger charge is 2.35. The van der Waals surface area contributed by atoms with Crippen LogP contribution in [-0.2, 0) is 42.3 Å². The number of hydrogen-bond donors (Lipinski definition) is 2. The second-order valence-electron chi connectivity index (χ2n) is 9.29. The van der Waals surface area contributed by atoms with Crippen LogP contribution in [0.5, 0.6) is 5.88 Å². The van der Waals surface area contributed by atoms with E-state index in [-0.39, 0.29) is 16.2 Å². The number of ether oxygens (including phenoxy) is 1. The zero-order valence-electron chi connectivity index (χ0n) is 17.5. The van der Waals surface area contributed by atoms with Crippen LogP contribution in [0.2, 0.25) is 5.02 Å². The maximum atomic E-state index is 12.9. The molecule has 0 fully saturated rings. The van der Waals surface area contributed by atoms with Gasteiger partial charge in [-0.15, -0.1) is 0 Å². The summed E-state index contributed by atoms with van der Waals surface area (Å²) >= 11 is 6.62. The molecule has 0 saturated carbocycles. The Balaban J connectivity index is 1.41. The summed E-state index contributed by atoms with van der Waals surface area (Å²) in [6.45, 7) is 4.94. The molecule has 2 heterocycles. The van der Waals surface area contributed by atoms with Gasteiger partial charge in [-0.25, -0.2) is 22.6 Å². The number of nitrogens with zero attached hydrogens (tertiary/aromatic N) is 2. The molecular weight excluding hydrogens is 440 g/mol. The smallest absolute Gasteiger partial charge is 0.333 e. The molecule has 10 heteroatoms. The predicted octanol–water partition coefficient (Wildman–Crippen LogP) is 3.44. The first kappa shape index (κ1) is 20.6. The molecule has 1 aromatic heterocycles. The van der Waals surface area contributed by atoms with E-state index < -0.39 is 16.1 Å². The first-order valence-corrected chi connectivity index (χ1v) is 12.4. The topological polar surface area (TPSA) is 102 Å². The Bertz CT molecular complexity index is 1170. The number of rotatable bonds is 3. The molecular formula is C21H25ClN4O4S. The molecule has 8 nitrogen and oxygen atoms in total. The monoisotopic (exact) mass is 464 g/mol. The first-order valence-electron chi connectivity index (χ1n) is 10.5. The number of halogens is 1. The Morgan fingerprint density at radius 3 is 2.39 bits per heavy atom. The summed E-state index contributed by atoms with van der Waals surface area (Å²) in [4.78, 5) is 12.6. The van der Waals surface area contributed by atoms with E-state index in [1.165, 1.54) is 10.9 Å². The van der Waals surface area contributed by atoms with Crippen LogP contribution in [-0.4, -0.2) is 30.8 Å². The minimum Gasteiger partial charge on any atom is -0.476 e. The third-order valence-electron chi connectivity index (χ3n) is 6.26. The molecule has 0 atom stereocenters. The van der Waals surface area contributed by atoms with Crippen molar-refractivity contribution in [3.05, 3.63) is 33.5 Å². The summed E-state index contributed by atoms with van der Waals surface area (Å²) in [6, 6.07) is -0.790. The van der Waals surface area contributed by atoms with Gasteiger partial charge in [-0.05, 0) is 60.8 Å². The van der Waals surface area contributed by atoms with Crippen molar-refractivity contribution in [3.63, 3.8) is 0 Å². The lowest BCUT2D eigenvalue weighted by Crippen LogP contribution is -2.36. The Kier molecular flexibility index (Phi) is 4.75. The molecule has 166 valence electrons. The third-order valence-corrected chi connectivity index (χ3v) is 8.03. The normalized spacial score (nSPS) is 18.7. The van der Waals surface area contributed by atoms with Crippen LogP contribution in [0.25, 0.3) is 0 Å². The van der Waals surface area contributed by atoms with E-state index in [1.807, 2.05) is 13.8 Å². The molecule has 2 aliphatic carbocycles. The second-order valence-corrected chi connectivity index (χ2v) is 11.3. The van der Waals surface area contributed by atoms with Crippen LogP contribution in [0.3, 0.4) is 0 Å². The van der Waals surface area contributed by atoms with Crippen molar-refractivity contribution < 1.29 is 17.9 Å². The van der Waals surface area contributed by atoms with E-state index in [2.05, 4.69) is 15.1 Å². The van der Waals surface area contributed by atoms with Gasteiger partial charge in [0.25, 0.3) is 10.0 Å². The Morgan fingerprint density at radius 1 is 1.13 bits per heavy atom. The van der Waals surface area contributed by atoms with Gasteiger partial charge in [-0.3, -0.25) is 0 Å². The standard InChI is InChI=1S/C21H25ClN4O4S/c1-21(2)10-26-19(30-11-21)16(9-23-26)31(28,29)25-20(27)24-18-14-7-3-5-12(14)17(22)13-6-4-8-15(13)18/h9H,3-8,10-11H2,1-2H3,(H2,24,25,27). The van der Waals surface area contributed by atoms with Crippen molar-refractivity contribution in [2.24, 2.45) is 5.41 Å². The second kappa shape index (κ2) is 7.13. The molecule has 2 aromatic rings. The number of fused-ring (bicyclic) bond motifs is 3. The molecule has 5 rings (SSSR count). The minimum absolute atomic E-state index is 0.135. The van der Waals surface area contributed by atoms with E-state index in [4.69, 9.17) is 16.3 Å². The number of nitrogens with one attached hydrogen (secondary N) is 2. The average molecular weight is 465 g/mol. The highest BCUT2D eigenvalue weighted by Crippen LogP contribution is 2.44. The number of urea groups is 1. The number of aromatic nitrogens is 2. The predicted molar refractivity (Wildman–Crippen MR) is 116 cm³/mol. The van der Waals surface area contributed by atoms with Gasteiger partial charge in [0.1, 0.15) is 0 Å². The number of hydrogen-bond acceptors (Lipinski definition) is 5. The van der Waals surface area contributed by atoms with Gasteiger partial charge in [-0.1, -0.05) is 25.4 Å². The molecule has 3 aliphatic rings. The summed E-state index contributed by atoms with van der Waals surface area (Å²) in [5, 5.41) is 7.79. The summed E-state index contributed by atoms with van der Waals surface area (Å²) in [6.07, 6.45) is 6.59. The van der Waals surface area contributed by atoms with Crippen molar-refractivity contribution in [3.8, 4) is 5.88 Å². The van der Waals surface area contributed by atoms with Crippen LogP contribution < -0.4 is 14.8 Å². The lowest BCUT2D eigenvalue weighted by Gasteiger charge is -2.30. The molecule has 0 radical (unpaired) electrons. The molecule has 0 unspecified atom stereocenters. The summed E-state index contributed by atoms with van der Waals surface area (Å²) in [7, 11) is -4.15. The van der Waals surface area contributed by atoms with E-state index in [0.29, 0.717) is 13.2 Å². The molecule has 0 saturated heterocycles. The SMILES string of the molecule is CC1(C)COc2c(S(=O)(=O)NC(=O)Nc3c4c(c(Cl)c5c3CCC5)CCC4)cnn2C1.